The maximum atomic E-state index is 11.5. The van der Waals surface area contributed by atoms with Gasteiger partial charge >= 0.3 is 5.97 Å². The topological polar surface area (TPSA) is 74.7 Å². The summed E-state index contributed by atoms with van der Waals surface area (Å²) in [5, 5.41) is 8.38. The van der Waals surface area contributed by atoms with Gasteiger partial charge in [-0.2, -0.15) is 11.8 Å². The molecule has 15 heavy (non-hydrogen) atoms. The first kappa shape index (κ1) is 14.7. The van der Waals surface area contributed by atoms with Gasteiger partial charge in [0.2, 0.25) is 10.0 Å². The van der Waals surface area contributed by atoms with Gasteiger partial charge in [-0.1, -0.05) is 0 Å². The minimum atomic E-state index is -3.27. The summed E-state index contributed by atoms with van der Waals surface area (Å²) in [7, 11) is -1.75. The third-order valence-corrected chi connectivity index (χ3v) is 4.41. The summed E-state index contributed by atoms with van der Waals surface area (Å²) < 4.78 is 24.4. The number of carbonyl (C=O) groups is 1. The van der Waals surface area contributed by atoms with Gasteiger partial charge < -0.3 is 5.11 Å². The van der Waals surface area contributed by atoms with Crippen LogP contribution < -0.4 is 0 Å². The molecule has 0 aromatic rings. The Labute approximate surface area is 94.9 Å². The minimum absolute atomic E-state index is 0.0931. The number of rotatable bonds is 8. The Kier molecular flexibility index (Phi) is 6.95. The highest BCUT2D eigenvalue weighted by atomic mass is 32.2. The van der Waals surface area contributed by atoms with Crippen LogP contribution in [-0.2, 0) is 14.8 Å². The van der Waals surface area contributed by atoms with E-state index < -0.39 is 16.0 Å². The molecule has 0 saturated carbocycles. The van der Waals surface area contributed by atoms with Gasteiger partial charge in [-0.15, -0.1) is 0 Å². The van der Waals surface area contributed by atoms with Crippen molar-refractivity contribution in [3.8, 4) is 0 Å². The molecular formula is C8H17NO4S2. The van der Waals surface area contributed by atoms with E-state index in [9.17, 15) is 13.2 Å². The van der Waals surface area contributed by atoms with Crippen molar-refractivity contribution in [3.63, 3.8) is 0 Å². The first-order chi connectivity index (χ1) is 6.90. The molecule has 90 valence electrons. The molecule has 0 aromatic heterocycles. The van der Waals surface area contributed by atoms with Crippen molar-refractivity contribution >= 4 is 27.8 Å². The lowest BCUT2D eigenvalue weighted by Crippen LogP contribution is -2.31. The predicted octanol–water partition coefficient (Wildman–Crippen LogP) is 0.476. The fourth-order valence-corrected chi connectivity index (χ4v) is 2.68. The van der Waals surface area contributed by atoms with Gasteiger partial charge in [-0.3, -0.25) is 4.79 Å². The molecular weight excluding hydrogens is 238 g/mol. The van der Waals surface area contributed by atoms with Crippen molar-refractivity contribution < 1.29 is 18.3 Å². The lowest BCUT2D eigenvalue weighted by Gasteiger charge is -2.15. The van der Waals surface area contributed by atoms with Crippen molar-refractivity contribution in [1.29, 1.82) is 0 Å². The van der Waals surface area contributed by atoms with Gasteiger partial charge in [0, 0.05) is 25.8 Å². The van der Waals surface area contributed by atoms with Gasteiger partial charge in [0.15, 0.2) is 0 Å². The third kappa shape index (κ3) is 6.75. The van der Waals surface area contributed by atoms with Crippen LogP contribution >= 0.6 is 11.8 Å². The van der Waals surface area contributed by atoms with Crippen molar-refractivity contribution in [2.75, 3.05) is 31.4 Å². The molecule has 7 heteroatoms. The average Bonchev–Trinajstić information content (AvgIpc) is 2.13. The van der Waals surface area contributed by atoms with E-state index in [1.165, 1.54) is 11.4 Å². The molecule has 0 aliphatic rings. The first-order valence-corrected chi connectivity index (χ1v) is 7.55. The number of carboxylic acid groups (broad SMARTS) is 1. The Balaban J connectivity index is 4.00. The van der Waals surface area contributed by atoms with Crippen LogP contribution in [0.5, 0.6) is 0 Å². The van der Waals surface area contributed by atoms with Gasteiger partial charge in [-0.25, -0.2) is 12.7 Å². The van der Waals surface area contributed by atoms with E-state index in [1.54, 1.807) is 11.8 Å². The van der Waals surface area contributed by atoms with Crippen molar-refractivity contribution in [2.24, 2.45) is 0 Å². The molecule has 5 nitrogen and oxygen atoms in total. The molecule has 1 N–H and O–H groups in total. The van der Waals surface area contributed by atoms with Crippen LogP contribution in [-0.4, -0.2) is 55.2 Å². The molecule has 0 fully saturated rings. The number of hydrogen-bond donors (Lipinski definition) is 1. The summed E-state index contributed by atoms with van der Waals surface area (Å²) >= 11 is 1.57. The first-order valence-electron chi connectivity index (χ1n) is 4.55. The molecule has 0 aliphatic carbocycles. The van der Waals surface area contributed by atoms with E-state index in [2.05, 4.69) is 0 Å². The smallest absolute Gasteiger partial charge is 0.303 e. The molecule has 0 amide bonds. The zero-order valence-corrected chi connectivity index (χ0v) is 10.6. The van der Waals surface area contributed by atoms with Crippen LogP contribution in [0.3, 0.4) is 0 Å². The Morgan fingerprint density at radius 3 is 2.53 bits per heavy atom. The van der Waals surface area contributed by atoms with E-state index >= 15 is 0 Å². The second kappa shape index (κ2) is 7.08. The van der Waals surface area contributed by atoms with Crippen LogP contribution in [0.1, 0.15) is 12.8 Å². The van der Waals surface area contributed by atoms with Crippen molar-refractivity contribution in [3.05, 3.63) is 0 Å². The Bertz CT molecular complexity index is 289. The SMILES string of the molecule is CSCCN(C)S(=O)(=O)CCCC(=O)O. The largest absolute Gasteiger partial charge is 0.481 e. The Morgan fingerprint density at radius 2 is 2.07 bits per heavy atom. The van der Waals surface area contributed by atoms with E-state index in [0.717, 1.165) is 5.75 Å². The lowest BCUT2D eigenvalue weighted by molar-refractivity contribution is -0.137. The Morgan fingerprint density at radius 1 is 1.47 bits per heavy atom. The normalized spacial score (nSPS) is 11.9. The number of thioether (sulfide) groups is 1. The van der Waals surface area contributed by atoms with Crippen LogP contribution in [0.2, 0.25) is 0 Å². The zero-order valence-electron chi connectivity index (χ0n) is 8.97. The van der Waals surface area contributed by atoms with Crippen molar-refractivity contribution in [2.45, 2.75) is 12.8 Å². The van der Waals surface area contributed by atoms with Gasteiger partial charge in [-0.05, 0) is 12.7 Å². The number of aliphatic carboxylic acids is 1. The fraction of sp³-hybridized carbons (Fsp3) is 0.875. The fourth-order valence-electron chi connectivity index (χ4n) is 0.921. The van der Waals surface area contributed by atoms with Gasteiger partial charge in [0.1, 0.15) is 0 Å². The molecule has 0 aliphatic heterocycles. The molecule has 0 heterocycles. The minimum Gasteiger partial charge on any atom is -0.481 e. The molecule has 0 atom stereocenters. The standard InChI is InChI=1S/C8H17NO4S2/c1-9(5-6-14-2)15(12,13)7-3-4-8(10)11/h3-7H2,1-2H3,(H,10,11). The van der Waals surface area contributed by atoms with Gasteiger partial charge in [0.05, 0.1) is 5.75 Å². The van der Waals surface area contributed by atoms with E-state index in [4.69, 9.17) is 5.11 Å². The molecule has 0 rings (SSSR count). The summed E-state index contributed by atoms with van der Waals surface area (Å²) in [5.74, 6) is -0.310. The molecule has 0 spiro atoms. The molecule has 0 bridgehead atoms. The summed E-state index contributed by atoms with van der Waals surface area (Å²) in [4.78, 5) is 10.2. The molecule has 0 saturated heterocycles. The molecule has 0 aromatic carbocycles. The monoisotopic (exact) mass is 255 g/mol. The zero-order chi connectivity index (χ0) is 11.9. The number of sulfonamides is 1. The highest BCUT2D eigenvalue weighted by Gasteiger charge is 2.17. The highest BCUT2D eigenvalue weighted by Crippen LogP contribution is 2.04. The van der Waals surface area contributed by atoms with Crippen LogP contribution in [0.15, 0.2) is 0 Å². The number of nitrogens with zero attached hydrogens (tertiary/aromatic N) is 1. The summed E-state index contributed by atoms with van der Waals surface area (Å²) in [6.07, 6.45) is 1.97. The second-order valence-electron chi connectivity index (χ2n) is 3.13. The average molecular weight is 255 g/mol. The van der Waals surface area contributed by atoms with Crippen LogP contribution in [0, 0.1) is 0 Å². The van der Waals surface area contributed by atoms with Crippen LogP contribution in [0.4, 0.5) is 0 Å². The van der Waals surface area contributed by atoms with E-state index in [-0.39, 0.29) is 18.6 Å². The highest BCUT2D eigenvalue weighted by molar-refractivity contribution is 7.98. The Hall–Kier alpha value is -0.270. The van der Waals surface area contributed by atoms with E-state index in [0.29, 0.717) is 6.54 Å². The number of hydrogen-bond acceptors (Lipinski definition) is 4. The quantitative estimate of drug-likeness (QED) is 0.682. The predicted molar refractivity (Wildman–Crippen MR) is 61.7 cm³/mol. The lowest BCUT2D eigenvalue weighted by atomic mass is 10.3. The maximum absolute atomic E-state index is 11.5. The summed E-state index contributed by atoms with van der Waals surface area (Å²) in [6.45, 7) is 0.469. The van der Waals surface area contributed by atoms with Crippen LogP contribution in [0.25, 0.3) is 0 Å². The summed E-state index contributed by atoms with van der Waals surface area (Å²) in [6, 6.07) is 0. The third-order valence-electron chi connectivity index (χ3n) is 1.88. The number of carboxylic acids is 1. The maximum Gasteiger partial charge on any atom is 0.303 e. The molecule has 0 radical (unpaired) electrons. The molecule has 0 unspecified atom stereocenters. The van der Waals surface area contributed by atoms with Crippen molar-refractivity contribution in [1.82, 2.24) is 4.31 Å². The second-order valence-corrected chi connectivity index (χ2v) is 6.31. The van der Waals surface area contributed by atoms with E-state index in [1.807, 2.05) is 6.26 Å². The van der Waals surface area contributed by atoms with Gasteiger partial charge in [0.25, 0.3) is 0 Å². The summed E-state index contributed by atoms with van der Waals surface area (Å²) in [5.41, 5.74) is 0.